The number of nitrogens with zero attached hydrogens (tertiary/aromatic N) is 4. The molecular weight excluding hydrogens is 338 g/mol. The molecule has 118 valence electrons. The molecule has 0 fully saturated rings. The van der Waals surface area contributed by atoms with Crippen molar-refractivity contribution in [3.05, 3.63) is 28.8 Å². The lowest BCUT2D eigenvalue weighted by molar-refractivity contribution is 0.0473. The van der Waals surface area contributed by atoms with Crippen LogP contribution in [0.2, 0.25) is 5.15 Å². The fourth-order valence-electron chi connectivity index (χ4n) is 1.53. The van der Waals surface area contributed by atoms with Gasteiger partial charge in [0, 0.05) is 0 Å². The number of aryl methyl sites for hydroxylation is 1. The number of alkyl halides is 2. The predicted molar refractivity (Wildman–Crippen MR) is 75.3 cm³/mol. The van der Waals surface area contributed by atoms with Crippen molar-refractivity contribution in [3.8, 4) is 0 Å². The van der Waals surface area contributed by atoms with Crippen LogP contribution in [-0.4, -0.2) is 32.3 Å². The third kappa shape index (κ3) is 3.53. The molecule has 0 N–H and O–H groups in total. The molecule has 0 bridgehead atoms. The van der Waals surface area contributed by atoms with Crippen LogP contribution in [-0.2, 0) is 4.74 Å². The van der Waals surface area contributed by atoms with E-state index in [-0.39, 0.29) is 27.5 Å². The summed E-state index contributed by atoms with van der Waals surface area (Å²) in [5.74, 6) is -0.718. The molecule has 2 aromatic heterocycles. The molecule has 2 heterocycles. The Hall–Kier alpha value is -1.74. The van der Waals surface area contributed by atoms with Gasteiger partial charge in [0.2, 0.25) is 0 Å². The lowest BCUT2D eigenvalue weighted by atomic mass is 10.4. The molecule has 0 aliphatic carbocycles. The van der Waals surface area contributed by atoms with Crippen LogP contribution in [0.1, 0.15) is 29.7 Å². The molecule has 0 radical (unpaired) electrons. The number of carbonyl (C=O) groups is 1. The molecule has 22 heavy (non-hydrogen) atoms. The molecule has 10 heteroatoms. The van der Waals surface area contributed by atoms with Gasteiger partial charge in [-0.3, -0.25) is 0 Å². The average Bonchev–Trinajstić information content (AvgIpc) is 2.90. The molecule has 0 amide bonds. The number of hydrogen-bond acceptors (Lipinski definition) is 6. The van der Waals surface area contributed by atoms with Crippen LogP contribution in [0, 0.1) is 6.92 Å². The van der Waals surface area contributed by atoms with Crippen molar-refractivity contribution in [1.29, 1.82) is 0 Å². The van der Waals surface area contributed by atoms with E-state index in [0.29, 0.717) is 10.4 Å². The molecule has 0 unspecified atom stereocenters. The predicted octanol–water partition coefficient (Wildman–Crippen LogP) is 3.36. The van der Waals surface area contributed by atoms with E-state index in [1.165, 1.54) is 12.3 Å². The molecule has 0 spiro atoms. The Balaban J connectivity index is 2.36. The molecule has 2 rings (SSSR count). The first kappa shape index (κ1) is 16.6. The quantitative estimate of drug-likeness (QED) is 0.772. The second kappa shape index (κ2) is 7.01. The van der Waals surface area contributed by atoms with E-state index in [1.807, 2.05) is 0 Å². The number of aromatic nitrogens is 4. The van der Waals surface area contributed by atoms with Gasteiger partial charge in [-0.1, -0.05) is 11.6 Å². The fourth-order valence-corrected chi connectivity index (χ4v) is 2.65. The average molecular weight is 349 g/mol. The Bertz CT molecular complexity index is 696. The molecule has 0 aromatic carbocycles. The standard InChI is InChI=1S/C12H11ClF2N4O2S/c1-3-21-11(20)8-9(13)17-6(2)10(18-8)22-7-4-5-16-19(7)12(14)15/h4-5,12H,3H2,1-2H3. The summed E-state index contributed by atoms with van der Waals surface area (Å²) < 4.78 is 31.0. The van der Waals surface area contributed by atoms with Crippen molar-refractivity contribution in [2.45, 2.75) is 30.4 Å². The van der Waals surface area contributed by atoms with Crippen LogP contribution in [0.4, 0.5) is 8.78 Å². The van der Waals surface area contributed by atoms with Crippen LogP contribution in [0.3, 0.4) is 0 Å². The van der Waals surface area contributed by atoms with E-state index in [2.05, 4.69) is 15.1 Å². The van der Waals surface area contributed by atoms with E-state index in [1.54, 1.807) is 13.8 Å². The van der Waals surface area contributed by atoms with E-state index in [4.69, 9.17) is 16.3 Å². The SMILES string of the molecule is CCOC(=O)c1nc(Sc2ccnn2C(F)F)c(C)nc1Cl. The minimum atomic E-state index is -2.78. The number of halogens is 3. The normalized spacial score (nSPS) is 11.0. The van der Waals surface area contributed by atoms with Gasteiger partial charge in [0.15, 0.2) is 10.8 Å². The highest BCUT2D eigenvalue weighted by Gasteiger charge is 2.20. The minimum Gasteiger partial charge on any atom is -0.461 e. The molecule has 6 nitrogen and oxygen atoms in total. The Morgan fingerprint density at radius 2 is 2.23 bits per heavy atom. The van der Waals surface area contributed by atoms with Gasteiger partial charge < -0.3 is 4.74 Å². The zero-order valence-electron chi connectivity index (χ0n) is 11.6. The Morgan fingerprint density at radius 3 is 2.86 bits per heavy atom. The number of ether oxygens (including phenoxy) is 1. The maximum Gasteiger partial charge on any atom is 0.360 e. The summed E-state index contributed by atoms with van der Waals surface area (Å²) in [4.78, 5) is 19.8. The van der Waals surface area contributed by atoms with Gasteiger partial charge >= 0.3 is 12.5 Å². The zero-order valence-corrected chi connectivity index (χ0v) is 13.2. The summed E-state index contributed by atoms with van der Waals surface area (Å²) in [6.07, 6.45) is 1.25. The Morgan fingerprint density at radius 1 is 1.50 bits per heavy atom. The van der Waals surface area contributed by atoms with E-state index >= 15 is 0 Å². The van der Waals surface area contributed by atoms with Gasteiger partial charge in [-0.2, -0.15) is 18.6 Å². The van der Waals surface area contributed by atoms with E-state index < -0.39 is 12.5 Å². The summed E-state index contributed by atoms with van der Waals surface area (Å²) in [6, 6.07) is 1.41. The Labute approximate surface area is 133 Å². The highest BCUT2D eigenvalue weighted by molar-refractivity contribution is 7.99. The maximum atomic E-state index is 12.8. The van der Waals surface area contributed by atoms with Crippen molar-refractivity contribution in [2.75, 3.05) is 6.61 Å². The summed E-state index contributed by atoms with van der Waals surface area (Å²) in [7, 11) is 0. The largest absolute Gasteiger partial charge is 0.461 e. The first-order valence-corrected chi connectivity index (χ1v) is 7.34. The lowest BCUT2D eigenvalue weighted by Gasteiger charge is -2.09. The van der Waals surface area contributed by atoms with Crippen molar-refractivity contribution in [1.82, 2.24) is 19.7 Å². The van der Waals surface area contributed by atoms with Crippen LogP contribution < -0.4 is 0 Å². The molecule has 0 saturated carbocycles. The molecule has 2 aromatic rings. The minimum absolute atomic E-state index is 0.0948. The van der Waals surface area contributed by atoms with Crippen molar-refractivity contribution in [2.24, 2.45) is 0 Å². The Kier molecular flexibility index (Phi) is 5.30. The summed E-state index contributed by atoms with van der Waals surface area (Å²) >= 11 is 6.79. The highest BCUT2D eigenvalue weighted by Crippen LogP contribution is 2.31. The fraction of sp³-hybridized carbons (Fsp3) is 0.333. The van der Waals surface area contributed by atoms with Gasteiger partial charge in [-0.05, 0) is 31.7 Å². The van der Waals surface area contributed by atoms with Gasteiger partial charge in [-0.25, -0.2) is 14.8 Å². The topological polar surface area (TPSA) is 69.9 Å². The van der Waals surface area contributed by atoms with E-state index in [9.17, 15) is 13.6 Å². The molecule has 0 aliphatic heterocycles. The molecular formula is C12H11ClF2N4O2S. The second-order valence-electron chi connectivity index (χ2n) is 3.97. The molecule has 0 saturated heterocycles. The first-order valence-electron chi connectivity index (χ1n) is 6.14. The number of rotatable bonds is 5. The lowest BCUT2D eigenvalue weighted by Crippen LogP contribution is -2.11. The van der Waals surface area contributed by atoms with Crippen LogP contribution >= 0.6 is 23.4 Å². The third-order valence-electron chi connectivity index (χ3n) is 2.47. The van der Waals surface area contributed by atoms with Crippen LogP contribution in [0.25, 0.3) is 0 Å². The van der Waals surface area contributed by atoms with Crippen LogP contribution in [0.15, 0.2) is 22.3 Å². The smallest absolute Gasteiger partial charge is 0.360 e. The monoisotopic (exact) mass is 348 g/mol. The number of esters is 1. The van der Waals surface area contributed by atoms with Crippen LogP contribution in [0.5, 0.6) is 0 Å². The van der Waals surface area contributed by atoms with Gasteiger partial charge in [0.1, 0.15) is 10.1 Å². The summed E-state index contributed by atoms with van der Waals surface area (Å²) in [5.41, 5.74) is 0.254. The highest BCUT2D eigenvalue weighted by atomic mass is 35.5. The maximum absolute atomic E-state index is 12.8. The molecule has 0 atom stereocenters. The summed E-state index contributed by atoms with van der Waals surface area (Å²) in [6.45, 7) is 0.636. The zero-order chi connectivity index (χ0) is 16.3. The number of carbonyl (C=O) groups excluding carboxylic acids is 1. The second-order valence-corrected chi connectivity index (χ2v) is 5.33. The van der Waals surface area contributed by atoms with Crippen molar-refractivity contribution < 1.29 is 18.3 Å². The summed E-state index contributed by atoms with van der Waals surface area (Å²) in [5, 5.41) is 3.88. The van der Waals surface area contributed by atoms with Gasteiger partial charge in [0.05, 0.1) is 18.5 Å². The molecule has 0 aliphatic rings. The van der Waals surface area contributed by atoms with Crippen molar-refractivity contribution >= 4 is 29.3 Å². The first-order chi connectivity index (χ1) is 10.4. The van der Waals surface area contributed by atoms with Crippen molar-refractivity contribution in [3.63, 3.8) is 0 Å². The van der Waals surface area contributed by atoms with E-state index in [0.717, 1.165) is 11.8 Å². The number of hydrogen-bond donors (Lipinski definition) is 0. The van der Waals surface area contributed by atoms with Gasteiger partial charge in [0.25, 0.3) is 0 Å². The van der Waals surface area contributed by atoms with Gasteiger partial charge in [-0.15, -0.1) is 0 Å². The third-order valence-corrected chi connectivity index (χ3v) is 3.85.